The molecule has 1 aromatic carbocycles. The second kappa shape index (κ2) is 6.50. The number of aromatic amines is 1. The molecule has 138 valence electrons. The van der Waals surface area contributed by atoms with Crippen LogP contribution in [0.3, 0.4) is 0 Å². The topological polar surface area (TPSA) is 57.8 Å². The van der Waals surface area contributed by atoms with Crippen LogP contribution in [0.4, 0.5) is 15.8 Å². The summed E-state index contributed by atoms with van der Waals surface area (Å²) in [6.45, 7) is 4.12. The molecule has 2 heterocycles. The second-order valence-electron chi connectivity index (χ2n) is 7.65. The molecule has 0 bridgehead atoms. The smallest absolute Gasteiger partial charge is 0.167 e. The molecule has 0 spiro atoms. The van der Waals surface area contributed by atoms with Gasteiger partial charge in [0.05, 0.1) is 23.1 Å². The summed E-state index contributed by atoms with van der Waals surface area (Å²) < 4.78 is 14.5. The minimum absolute atomic E-state index is 0.0442. The third-order valence-corrected chi connectivity index (χ3v) is 4.99. The molecule has 2 N–H and O–H groups in total. The molecule has 0 radical (unpaired) electrons. The van der Waals surface area contributed by atoms with Crippen molar-refractivity contribution in [3.63, 3.8) is 0 Å². The van der Waals surface area contributed by atoms with Crippen LogP contribution in [0, 0.1) is 11.2 Å². The average molecular weight is 384 g/mol. The van der Waals surface area contributed by atoms with Crippen molar-refractivity contribution >= 4 is 28.8 Å². The fourth-order valence-electron chi connectivity index (χ4n) is 3.65. The molecule has 6 heteroatoms. The first kappa shape index (κ1) is 17.7. The molecule has 0 fully saturated rings. The van der Waals surface area contributed by atoms with Crippen LogP contribution in [-0.4, -0.2) is 15.8 Å². The van der Waals surface area contributed by atoms with Gasteiger partial charge in [-0.05, 0) is 30.0 Å². The lowest BCUT2D eigenvalue weighted by Crippen LogP contribution is -2.26. The third-order valence-electron chi connectivity index (χ3n) is 4.79. The van der Waals surface area contributed by atoms with Crippen molar-refractivity contribution in [1.29, 1.82) is 0 Å². The van der Waals surface area contributed by atoms with Gasteiger partial charge in [-0.1, -0.05) is 43.6 Å². The fourth-order valence-corrected chi connectivity index (χ4v) is 3.81. The van der Waals surface area contributed by atoms with Crippen LogP contribution < -0.4 is 5.32 Å². The Morgan fingerprint density at radius 3 is 2.70 bits per heavy atom. The van der Waals surface area contributed by atoms with Gasteiger partial charge in [0.2, 0.25) is 0 Å². The number of ketones is 1. The number of aromatic nitrogens is 2. The number of carbonyl (C=O) groups excluding carboxylic acids is 1. The van der Waals surface area contributed by atoms with E-state index in [0.29, 0.717) is 29.8 Å². The third kappa shape index (κ3) is 3.35. The Labute approximate surface area is 161 Å². The standard InChI is InChI=1S/C21H19ClFN3O/c1-21(2)9-15-18(16(27)10-21)20(25-12-6-4-3-5-7-12)19(26-15)13-8-17(22)24-11-14(13)23/h3-8,11,25-26H,9-10H2,1-2H3. The van der Waals surface area contributed by atoms with E-state index in [1.807, 2.05) is 30.3 Å². The van der Waals surface area contributed by atoms with Crippen LogP contribution in [0.15, 0.2) is 42.6 Å². The average Bonchev–Trinajstić information content (AvgIpc) is 2.95. The van der Waals surface area contributed by atoms with E-state index in [9.17, 15) is 9.18 Å². The largest absolute Gasteiger partial charge is 0.356 e. The summed E-state index contributed by atoms with van der Waals surface area (Å²) in [5.74, 6) is -0.455. The van der Waals surface area contributed by atoms with Crippen molar-refractivity contribution in [2.45, 2.75) is 26.7 Å². The zero-order valence-electron chi connectivity index (χ0n) is 15.1. The molecule has 1 aliphatic carbocycles. The Bertz CT molecular complexity index is 1030. The maximum absolute atomic E-state index is 14.5. The monoisotopic (exact) mass is 383 g/mol. The molecule has 0 atom stereocenters. The van der Waals surface area contributed by atoms with Gasteiger partial charge in [-0.2, -0.15) is 0 Å². The quantitative estimate of drug-likeness (QED) is 0.564. The Balaban J connectivity index is 1.93. The first-order valence-corrected chi connectivity index (χ1v) is 9.13. The number of halogens is 2. The molecule has 0 saturated carbocycles. The first-order chi connectivity index (χ1) is 12.8. The molecule has 3 aromatic rings. The van der Waals surface area contributed by atoms with Gasteiger partial charge in [0.1, 0.15) is 5.15 Å². The first-order valence-electron chi connectivity index (χ1n) is 8.75. The van der Waals surface area contributed by atoms with Crippen LogP contribution in [-0.2, 0) is 6.42 Å². The minimum atomic E-state index is -0.499. The van der Waals surface area contributed by atoms with Gasteiger partial charge in [-0.15, -0.1) is 0 Å². The predicted molar refractivity (Wildman–Crippen MR) is 105 cm³/mol. The molecule has 0 saturated heterocycles. The number of H-pyrrole nitrogens is 1. The lowest BCUT2D eigenvalue weighted by molar-refractivity contribution is 0.0912. The summed E-state index contributed by atoms with van der Waals surface area (Å²) >= 11 is 6.00. The highest BCUT2D eigenvalue weighted by molar-refractivity contribution is 6.29. The number of fused-ring (bicyclic) bond motifs is 1. The van der Waals surface area contributed by atoms with E-state index in [2.05, 4.69) is 29.1 Å². The normalized spacial score (nSPS) is 15.5. The van der Waals surface area contributed by atoms with Gasteiger partial charge in [0.25, 0.3) is 0 Å². The Kier molecular flexibility index (Phi) is 4.27. The highest BCUT2D eigenvalue weighted by Gasteiger charge is 2.36. The van der Waals surface area contributed by atoms with Gasteiger partial charge in [-0.3, -0.25) is 4.79 Å². The van der Waals surface area contributed by atoms with Crippen molar-refractivity contribution in [2.75, 3.05) is 5.32 Å². The van der Waals surface area contributed by atoms with Crippen LogP contribution in [0.2, 0.25) is 5.15 Å². The van der Waals surface area contributed by atoms with Crippen molar-refractivity contribution in [2.24, 2.45) is 5.41 Å². The second-order valence-corrected chi connectivity index (χ2v) is 8.03. The molecule has 4 rings (SSSR count). The Morgan fingerprint density at radius 1 is 1.22 bits per heavy atom. The van der Waals surface area contributed by atoms with E-state index in [0.717, 1.165) is 17.6 Å². The van der Waals surface area contributed by atoms with Gasteiger partial charge in [0, 0.05) is 23.4 Å². The van der Waals surface area contributed by atoms with E-state index in [1.165, 1.54) is 6.07 Å². The number of hydrogen-bond acceptors (Lipinski definition) is 3. The van der Waals surface area contributed by atoms with E-state index >= 15 is 0 Å². The molecular formula is C21H19ClFN3O. The highest BCUT2D eigenvalue weighted by atomic mass is 35.5. The van der Waals surface area contributed by atoms with Gasteiger partial charge in [0.15, 0.2) is 11.6 Å². The molecule has 0 amide bonds. The Morgan fingerprint density at radius 2 is 1.96 bits per heavy atom. The fraction of sp³-hybridized carbons (Fsp3) is 0.238. The molecule has 4 nitrogen and oxygen atoms in total. The number of para-hydroxylation sites is 1. The molecule has 0 unspecified atom stereocenters. The summed E-state index contributed by atoms with van der Waals surface area (Å²) in [5, 5.41) is 3.49. The maximum atomic E-state index is 14.5. The number of Topliss-reactive ketones (excluding diaryl/α,β-unsaturated/α-hetero) is 1. The van der Waals surface area contributed by atoms with Gasteiger partial charge in [-0.25, -0.2) is 9.37 Å². The molecule has 1 aliphatic rings. The molecule has 27 heavy (non-hydrogen) atoms. The summed E-state index contributed by atoms with van der Waals surface area (Å²) in [7, 11) is 0. The van der Waals surface area contributed by atoms with Gasteiger partial charge < -0.3 is 10.3 Å². The summed E-state index contributed by atoms with van der Waals surface area (Å²) in [6, 6.07) is 11.0. The number of carbonyl (C=O) groups is 1. The van der Waals surface area contributed by atoms with E-state index in [1.54, 1.807) is 0 Å². The highest BCUT2D eigenvalue weighted by Crippen LogP contribution is 2.43. The van der Waals surface area contributed by atoms with Gasteiger partial charge >= 0.3 is 0 Å². The summed E-state index contributed by atoms with van der Waals surface area (Å²) in [5.41, 5.74) is 3.46. The summed E-state index contributed by atoms with van der Waals surface area (Å²) in [6.07, 6.45) is 2.24. The predicted octanol–water partition coefficient (Wildman–Crippen LogP) is 5.77. The van der Waals surface area contributed by atoms with E-state index < -0.39 is 5.82 Å². The van der Waals surface area contributed by atoms with E-state index in [-0.39, 0.29) is 21.9 Å². The van der Waals surface area contributed by atoms with Crippen LogP contribution >= 0.6 is 11.6 Å². The minimum Gasteiger partial charge on any atom is -0.356 e. The van der Waals surface area contributed by atoms with Crippen LogP contribution in [0.5, 0.6) is 0 Å². The SMILES string of the molecule is CC1(C)CC(=O)c2c([nH]c(-c3cc(Cl)ncc3F)c2Nc2ccccc2)C1. The molecular weight excluding hydrogens is 365 g/mol. The number of hydrogen-bond donors (Lipinski definition) is 2. The molecule has 0 aliphatic heterocycles. The number of anilines is 2. The van der Waals surface area contributed by atoms with Crippen LogP contribution in [0.1, 0.15) is 36.3 Å². The maximum Gasteiger partial charge on any atom is 0.167 e. The van der Waals surface area contributed by atoms with E-state index in [4.69, 9.17) is 11.6 Å². The lowest BCUT2D eigenvalue weighted by atomic mass is 9.76. The lowest BCUT2D eigenvalue weighted by Gasteiger charge is -2.28. The number of nitrogens with zero attached hydrogens (tertiary/aromatic N) is 1. The molecule has 2 aromatic heterocycles. The number of rotatable bonds is 3. The van der Waals surface area contributed by atoms with Crippen molar-refractivity contribution in [3.05, 3.63) is 64.8 Å². The summed E-state index contributed by atoms with van der Waals surface area (Å²) in [4.78, 5) is 20.0. The van der Waals surface area contributed by atoms with Crippen molar-refractivity contribution in [1.82, 2.24) is 9.97 Å². The number of pyridine rings is 1. The van der Waals surface area contributed by atoms with Crippen LogP contribution in [0.25, 0.3) is 11.3 Å². The number of benzene rings is 1. The van der Waals surface area contributed by atoms with Crippen molar-refractivity contribution < 1.29 is 9.18 Å². The zero-order valence-corrected chi connectivity index (χ0v) is 15.8. The number of nitrogens with one attached hydrogen (secondary N) is 2. The zero-order chi connectivity index (χ0) is 19.2. The van der Waals surface area contributed by atoms with Crippen molar-refractivity contribution in [3.8, 4) is 11.3 Å². The Hall–Kier alpha value is -2.66.